The lowest BCUT2D eigenvalue weighted by Crippen LogP contribution is -2.03. The van der Waals surface area contributed by atoms with E-state index < -0.39 is 0 Å². The zero-order valence-electron chi connectivity index (χ0n) is 21.1. The first kappa shape index (κ1) is 21.8. The van der Waals surface area contributed by atoms with E-state index in [1.165, 1.54) is 32.7 Å². The van der Waals surface area contributed by atoms with Crippen molar-refractivity contribution >= 4 is 43.5 Å². The summed E-state index contributed by atoms with van der Waals surface area (Å²) in [5.74, 6) is 0.680. The summed E-state index contributed by atoms with van der Waals surface area (Å²) in [4.78, 5) is 10.3. The standard InChI is InChI=1S/C36H23N3/c1-2-10-24(11-3-1)26-20-18-25-19-21-27(23-28(25)22-26)35-31-14-4-7-15-32(31)37-36(38-35)39-33-16-8-5-12-29(33)30-13-6-9-17-34(30)39/h1-23H. The topological polar surface area (TPSA) is 30.7 Å². The number of benzene rings is 6. The second kappa shape index (κ2) is 8.64. The molecule has 3 nitrogen and oxygen atoms in total. The van der Waals surface area contributed by atoms with E-state index in [2.05, 4.69) is 138 Å². The molecule has 0 amide bonds. The summed E-state index contributed by atoms with van der Waals surface area (Å²) >= 11 is 0. The van der Waals surface area contributed by atoms with E-state index in [4.69, 9.17) is 9.97 Å². The van der Waals surface area contributed by atoms with Crippen LogP contribution in [0.1, 0.15) is 0 Å². The number of rotatable bonds is 3. The fourth-order valence-electron chi connectivity index (χ4n) is 5.73. The predicted molar refractivity (Wildman–Crippen MR) is 162 cm³/mol. The number of hydrogen-bond donors (Lipinski definition) is 0. The molecule has 8 aromatic rings. The van der Waals surface area contributed by atoms with E-state index in [0.717, 1.165) is 33.2 Å². The molecule has 8 rings (SSSR count). The van der Waals surface area contributed by atoms with Crippen LogP contribution in [-0.4, -0.2) is 14.5 Å². The fourth-order valence-corrected chi connectivity index (χ4v) is 5.73. The minimum Gasteiger partial charge on any atom is -0.278 e. The van der Waals surface area contributed by atoms with Gasteiger partial charge in [0.15, 0.2) is 0 Å². The van der Waals surface area contributed by atoms with Crippen LogP contribution in [0.4, 0.5) is 0 Å². The highest BCUT2D eigenvalue weighted by molar-refractivity contribution is 6.09. The van der Waals surface area contributed by atoms with Gasteiger partial charge in [-0.2, -0.15) is 0 Å². The molecule has 3 heteroatoms. The Hall–Kier alpha value is -5.28. The first-order valence-corrected chi connectivity index (χ1v) is 13.2. The molecule has 0 aliphatic carbocycles. The van der Waals surface area contributed by atoms with Crippen molar-refractivity contribution in [3.63, 3.8) is 0 Å². The fraction of sp³-hybridized carbons (Fsp3) is 0. The van der Waals surface area contributed by atoms with Crippen LogP contribution in [0, 0.1) is 0 Å². The Morgan fingerprint density at radius 1 is 0.410 bits per heavy atom. The van der Waals surface area contributed by atoms with Crippen molar-refractivity contribution in [3.8, 4) is 28.3 Å². The van der Waals surface area contributed by atoms with Gasteiger partial charge in [-0.3, -0.25) is 4.57 Å². The molecule has 2 aromatic heterocycles. The van der Waals surface area contributed by atoms with Crippen molar-refractivity contribution in [2.24, 2.45) is 0 Å². The third-order valence-corrected chi connectivity index (χ3v) is 7.59. The molecule has 0 N–H and O–H groups in total. The summed E-state index contributed by atoms with van der Waals surface area (Å²) in [6.45, 7) is 0. The Morgan fingerprint density at radius 2 is 1.00 bits per heavy atom. The SMILES string of the molecule is c1ccc(-c2ccc3ccc(-c4nc(-n5c6ccccc6c6ccccc65)nc5ccccc45)cc3c2)cc1. The highest BCUT2D eigenvalue weighted by atomic mass is 15.2. The summed E-state index contributed by atoms with van der Waals surface area (Å²) in [6, 6.07) is 49.1. The maximum Gasteiger partial charge on any atom is 0.235 e. The molecule has 0 saturated carbocycles. The molecular formula is C36H23N3. The quantitative estimate of drug-likeness (QED) is 0.244. The molecule has 0 spiro atoms. The second-order valence-corrected chi connectivity index (χ2v) is 9.90. The van der Waals surface area contributed by atoms with Gasteiger partial charge in [0.25, 0.3) is 0 Å². The average Bonchev–Trinajstić information content (AvgIpc) is 3.35. The van der Waals surface area contributed by atoms with Gasteiger partial charge in [0.2, 0.25) is 5.95 Å². The van der Waals surface area contributed by atoms with Crippen molar-refractivity contribution in [2.75, 3.05) is 0 Å². The van der Waals surface area contributed by atoms with Crippen LogP contribution in [0.3, 0.4) is 0 Å². The van der Waals surface area contributed by atoms with Crippen LogP contribution >= 0.6 is 0 Å². The first-order chi connectivity index (χ1) is 19.3. The van der Waals surface area contributed by atoms with Crippen LogP contribution in [-0.2, 0) is 0 Å². The molecule has 182 valence electrons. The summed E-state index contributed by atoms with van der Waals surface area (Å²) in [5, 5.41) is 5.84. The zero-order chi connectivity index (χ0) is 25.8. The number of nitrogens with zero attached hydrogens (tertiary/aromatic N) is 3. The van der Waals surface area contributed by atoms with E-state index in [1.807, 2.05) is 6.07 Å². The van der Waals surface area contributed by atoms with Gasteiger partial charge < -0.3 is 0 Å². The van der Waals surface area contributed by atoms with Gasteiger partial charge in [0, 0.05) is 21.7 Å². The Bertz CT molecular complexity index is 2120. The Labute approximate surface area is 225 Å². The van der Waals surface area contributed by atoms with Crippen LogP contribution in [0.15, 0.2) is 140 Å². The lowest BCUT2D eigenvalue weighted by atomic mass is 9.98. The second-order valence-electron chi connectivity index (χ2n) is 9.90. The average molecular weight is 498 g/mol. The van der Waals surface area contributed by atoms with Crippen molar-refractivity contribution in [2.45, 2.75) is 0 Å². The third-order valence-electron chi connectivity index (χ3n) is 7.59. The van der Waals surface area contributed by atoms with Gasteiger partial charge >= 0.3 is 0 Å². The lowest BCUT2D eigenvalue weighted by Gasteiger charge is -2.12. The van der Waals surface area contributed by atoms with Crippen LogP contribution < -0.4 is 0 Å². The minimum atomic E-state index is 0.680. The van der Waals surface area contributed by atoms with Gasteiger partial charge in [-0.15, -0.1) is 0 Å². The smallest absolute Gasteiger partial charge is 0.235 e. The predicted octanol–water partition coefficient (Wildman–Crippen LogP) is 9.21. The Balaban J connectivity index is 1.38. The monoisotopic (exact) mass is 497 g/mol. The van der Waals surface area contributed by atoms with Gasteiger partial charge in [0.1, 0.15) is 0 Å². The van der Waals surface area contributed by atoms with Crippen LogP contribution in [0.2, 0.25) is 0 Å². The summed E-state index contributed by atoms with van der Waals surface area (Å²) in [6.07, 6.45) is 0. The third kappa shape index (κ3) is 3.52. The largest absolute Gasteiger partial charge is 0.278 e. The van der Waals surface area contributed by atoms with Crippen molar-refractivity contribution in [1.82, 2.24) is 14.5 Å². The molecule has 0 unspecified atom stereocenters. The molecule has 39 heavy (non-hydrogen) atoms. The number of aromatic nitrogens is 3. The first-order valence-electron chi connectivity index (χ1n) is 13.2. The van der Waals surface area contributed by atoms with E-state index in [1.54, 1.807) is 0 Å². The normalized spacial score (nSPS) is 11.6. The maximum absolute atomic E-state index is 5.25. The molecule has 0 aliphatic heterocycles. The van der Waals surface area contributed by atoms with Crippen molar-refractivity contribution < 1.29 is 0 Å². The molecule has 0 radical (unpaired) electrons. The van der Waals surface area contributed by atoms with E-state index >= 15 is 0 Å². The zero-order valence-corrected chi connectivity index (χ0v) is 21.1. The Morgan fingerprint density at radius 3 is 1.74 bits per heavy atom. The van der Waals surface area contributed by atoms with Gasteiger partial charge in [-0.25, -0.2) is 9.97 Å². The van der Waals surface area contributed by atoms with Gasteiger partial charge in [-0.05, 0) is 52.2 Å². The van der Waals surface area contributed by atoms with Gasteiger partial charge in [-0.1, -0.05) is 109 Å². The maximum atomic E-state index is 5.25. The van der Waals surface area contributed by atoms with Crippen molar-refractivity contribution in [3.05, 3.63) is 140 Å². The van der Waals surface area contributed by atoms with Crippen molar-refractivity contribution in [1.29, 1.82) is 0 Å². The number of hydrogen-bond acceptors (Lipinski definition) is 2. The molecule has 0 fully saturated rings. The lowest BCUT2D eigenvalue weighted by molar-refractivity contribution is 1.01. The molecular weight excluding hydrogens is 474 g/mol. The highest BCUT2D eigenvalue weighted by Crippen LogP contribution is 2.34. The molecule has 0 atom stereocenters. The van der Waals surface area contributed by atoms with E-state index in [0.29, 0.717) is 5.95 Å². The summed E-state index contributed by atoms with van der Waals surface area (Å²) < 4.78 is 2.19. The van der Waals surface area contributed by atoms with E-state index in [9.17, 15) is 0 Å². The van der Waals surface area contributed by atoms with Crippen LogP contribution in [0.5, 0.6) is 0 Å². The summed E-state index contributed by atoms with van der Waals surface area (Å²) in [5.41, 5.74) is 7.57. The highest BCUT2D eigenvalue weighted by Gasteiger charge is 2.17. The molecule has 0 saturated heterocycles. The molecule has 2 heterocycles. The molecule has 6 aromatic carbocycles. The Kier molecular flexibility index (Phi) is 4.82. The van der Waals surface area contributed by atoms with Crippen LogP contribution in [0.25, 0.3) is 71.8 Å². The number of fused-ring (bicyclic) bond motifs is 5. The van der Waals surface area contributed by atoms with E-state index in [-0.39, 0.29) is 0 Å². The summed E-state index contributed by atoms with van der Waals surface area (Å²) in [7, 11) is 0. The molecule has 0 aliphatic rings. The number of para-hydroxylation sites is 3. The van der Waals surface area contributed by atoms with Gasteiger partial charge in [0.05, 0.1) is 22.2 Å². The molecule has 0 bridgehead atoms. The minimum absolute atomic E-state index is 0.680.